The molecule has 1 saturated heterocycles. The summed E-state index contributed by atoms with van der Waals surface area (Å²) in [5.74, 6) is 2.26. The lowest BCUT2D eigenvalue weighted by molar-refractivity contribution is 0.103. The van der Waals surface area contributed by atoms with Crippen LogP contribution in [0, 0.1) is 5.92 Å². The second kappa shape index (κ2) is 5.80. The van der Waals surface area contributed by atoms with E-state index in [1.165, 1.54) is 12.8 Å². The average molecular weight is 260 g/mol. The van der Waals surface area contributed by atoms with Crippen LogP contribution in [-0.4, -0.2) is 23.3 Å². The summed E-state index contributed by atoms with van der Waals surface area (Å²) in [6.45, 7) is 2.56. The fourth-order valence-electron chi connectivity index (χ4n) is 1.96. The summed E-state index contributed by atoms with van der Waals surface area (Å²) < 4.78 is 10.7. The smallest absolute Gasteiger partial charge is 0.240 e. The van der Waals surface area contributed by atoms with Gasteiger partial charge >= 0.3 is 0 Å². The Hall–Kier alpha value is -0.650. The molecule has 2 fully saturated rings. The average Bonchev–Trinajstić information content (AvgIpc) is 2.83. The number of halogens is 1. The first-order valence-corrected chi connectivity index (χ1v) is 6.06. The summed E-state index contributed by atoms with van der Waals surface area (Å²) in [5.41, 5.74) is 0. The Labute approximate surface area is 107 Å². The van der Waals surface area contributed by atoms with Gasteiger partial charge in [-0.15, -0.1) is 12.4 Å². The van der Waals surface area contributed by atoms with Crippen LogP contribution >= 0.6 is 12.4 Å². The highest BCUT2D eigenvalue weighted by Crippen LogP contribution is 2.28. The zero-order chi connectivity index (χ0) is 10.8. The molecule has 2 aliphatic rings. The van der Waals surface area contributed by atoms with Crippen molar-refractivity contribution in [1.29, 1.82) is 0 Å². The van der Waals surface area contributed by atoms with Crippen LogP contribution in [0.2, 0.25) is 0 Å². The van der Waals surface area contributed by atoms with Crippen LogP contribution < -0.4 is 5.32 Å². The Bertz CT molecular complexity index is 348. The molecule has 1 aliphatic carbocycles. The Morgan fingerprint density at radius 2 is 2.18 bits per heavy atom. The molecular formula is C11H18ClN3O2. The molecule has 1 aromatic heterocycles. The van der Waals surface area contributed by atoms with Crippen LogP contribution in [0.5, 0.6) is 0 Å². The molecule has 1 atom stereocenters. The number of nitrogens with zero attached hydrogens (tertiary/aromatic N) is 2. The number of hydrogen-bond donors (Lipinski definition) is 1. The predicted molar refractivity (Wildman–Crippen MR) is 63.9 cm³/mol. The highest BCUT2D eigenvalue weighted by molar-refractivity contribution is 5.85. The summed E-state index contributed by atoms with van der Waals surface area (Å²) >= 11 is 0. The predicted octanol–water partition coefficient (Wildman–Crippen LogP) is 1.84. The molecule has 0 amide bonds. The molecule has 1 aromatic rings. The molecule has 6 heteroatoms. The molecule has 1 saturated carbocycles. The molecule has 0 aromatic carbocycles. The highest BCUT2D eigenvalue weighted by Gasteiger charge is 2.23. The summed E-state index contributed by atoms with van der Waals surface area (Å²) in [6, 6.07) is 0. The number of ether oxygens (including phenoxy) is 1. The van der Waals surface area contributed by atoms with E-state index in [1.54, 1.807) is 0 Å². The molecule has 96 valence electrons. The lowest BCUT2D eigenvalue weighted by Crippen LogP contribution is -2.16. The van der Waals surface area contributed by atoms with Gasteiger partial charge in [-0.05, 0) is 38.1 Å². The molecule has 0 spiro atoms. The molecule has 3 rings (SSSR count). The van der Waals surface area contributed by atoms with Crippen molar-refractivity contribution in [2.45, 2.75) is 38.3 Å². The van der Waals surface area contributed by atoms with E-state index in [0.29, 0.717) is 18.3 Å². The van der Waals surface area contributed by atoms with Crippen molar-refractivity contribution in [3.05, 3.63) is 11.7 Å². The van der Waals surface area contributed by atoms with E-state index >= 15 is 0 Å². The maximum absolute atomic E-state index is 5.50. The molecule has 17 heavy (non-hydrogen) atoms. The van der Waals surface area contributed by atoms with Gasteiger partial charge in [0.15, 0.2) is 0 Å². The van der Waals surface area contributed by atoms with Gasteiger partial charge in [-0.25, -0.2) is 0 Å². The Kier molecular flexibility index (Phi) is 4.36. The van der Waals surface area contributed by atoms with E-state index in [1.807, 2.05) is 0 Å². The van der Waals surface area contributed by atoms with Crippen LogP contribution in [0.4, 0.5) is 0 Å². The third-order valence-corrected chi connectivity index (χ3v) is 3.11. The molecule has 0 bridgehead atoms. The normalized spacial score (nSPS) is 23.6. The first kappa shape index (κ1) is 12.8. The van der Waals surface area contributed by atoms with Crippen molar-refractivity contribution in [2.75, 3.05) is 13.2 Å². The molecule has 5 nitrogen and oxygen atoms in total. The summed E-state index contributed by atoms with van der Waals surface area (Å²) in [6.07, 6.45) is 4.87. The molecule has 0 radical (unpaired) electrons. The van der Waals surface area contributed by atoms with E-state index in [9.17, 15) is 0 Å². The summed E-state index contributed by atoms with van der Waals surface area (Å²) in [5, 5.41) is 7.29. The van der Waals surface area contributed by atoms with Gasteiger partial charge in [0.25, 0.3) is 0 Å². The second-order valence-corrected chi connectivity index (χ2v) is 4.62. The van der Waals surface area contributed by atoms with E-state index in [2.05, 4.69) is 15.5 Å². The zero-order valence-electron chi connectivity index (χ0n) is 9.72. The van der Waals surface area contributed by atoms with Crippen molar-refractivity contribution < 1.29 is 9.26 Å². The van der Waals surface area contributed by atoms with Crippen molar-refractivity contribution in [1.82, 2.24) is 15.5 Å². The SMILES string of the molecule is C1COC(c2noc(CNCC3CC3)n2)C1.Cl. The topological polar surface area (TPSA) is 60.2 Å². The number of rotatable bonds is 5. The van der Waals surface area contributed by atoms with Gasteiger partial charge < -0.3 is 14.6 Å². The van der Waals surface area contributed by atoms with Crippen LogP contribution in [0.25, 0.3) is 0 Å². The minimum Gasteiger partial charge on any atom is -0.370 e. The minimum atomic E-state index is 0. The zero-order valence-corrected chi connectivity index (χ0v) is 10.5. The van der Waals surface area contributed by atoms with E-state index in [0.717, 1.165) is 31.9 Å². The van der Waals surface area contributed by atoms with E-state index in [-0.39, 0.29) is 18.5 Å². The van der Waals surface area contributed by atoms with Gasteiger partial charge in [-0.1, -0.05) is 5.16 Å². The summed E-state index contributed by atoms with van der Waals surface area (Å²) in [4.78, 5) is 4.34. The highest BCUT2D eigenvalue weighted by atomic mass is 35.5. The fourth-order valence-corrected chi connectivity index (χ4v) is 1.96. The molecule has 1 unspecified atom stereocenters. The Morgan fingerprint density at radius 3 is 2.88 bits per heavy atom. The number of aromatic nitrogens is 2. The van der Waals surface area contributed by atoms with Crippen molar-refractivity contribution in [2.24, 2.45) is 5.92 Å². The van der Waals surface area contributed by atoms with Gasteiger partial charge in [0.1, 0.15) is 6.10 Å². The van der Waals surface area contributed by atoms with E-state index in [4.69, 9.17) is 9.26 Å². The van der Waals surface area contributed by atoms with Gasteiger partial charge in [-0.3, -0.25) is 0 Å². The van der Waals surface area contributed by atoms with Gasteiger partial charge in [-0.2, -0.15) is 4.98 Å². The molecule has 1 aliphatic heterocycles. The number of nitrogens with one attached hydrogen (secondary N) is 1. The van der Waals surface area contributed by atoms with Crippen LogP contribution in [0.3, 0.4) is 0 Å². The first-order chi connectivity index (χ1) is 7.92. The molecule has 2 heterocycles. The molecule has 1 N–H and O–H groups in total. The fraction of sp³-hybridized carbons (Fsp3) is 0.818. The van der Waals surface area contributed by atoms with Gasteiger partial charge in [0.2, 0.25) is 11.7 Å². The van der Waals surface area contributed by atoms with Gasteiger partial charge in [0, 0.05) is 6.61 Å². The van der Waals surface area contributed by atoms with Crippen molar-refractivity contribution in [3.63, 3.8) is 0 Å². The monoisotopic (exact) mass is 259 g/mol. The van der Waals surface area contributed by atoms with Crippen molar-refractivity contribution >= 4 is 12.4 Å². The van der Waals surface area contributed by atoms with Crippen LogP contribution in [0.15, 0.2) is 4.52 Å². The lowest BCUT2D eigenvalue weighted by atomic mass is 10.2. The first-order valence-electron chi connectivity index (χ1n) is 6.06. The van der Waals surface area contributed by atoms with E-state index < -0.39 is 0 Å². The third-order valence-electron chi connectivity index (χ3n) is 3.11. The van der Waals surface area contributed by atoms with Gasteiger partial charge in [0.05, 0.1) is 6.54 Å². The maximum atomic E-state index is 5.50. The summed E-state index contributed by atoms with van der Waals surface area (Å²) in [7, 11) is 0. The standard InChI is InChI=1S/C11H17N3O2.ClH/c1-2-9(15-5-1)11-13-10(16-14-11)7-12-6-8-3-4-8;/h8-9,12H,1-7H2;1H. The van der Waals surface area contributed by atoms with Crippen LogP contribution in [-0.2, 0) is 11.3 Å². The maximum Gasteiger partial charge on any atom is 0.240 e. The molecular weight excluding hydrogens is 242 g/mol. The van der Waals surface area contributed by atoms with Crippen molar-refractivity contribution in [3.8, 4) is 0 Å². The van der Waals surface area contributed by atoms with Crippen LogP contribution in [0.1, 0.15) is 43.5 Å². The Morgan fingerprint density at radius 1 is 1.29 bits per heavy atom. The second-order valence-electron chi connectivity index (χ2n) is 4.62. The largest absolute Gasteiger partial charge is 0.370 e. The minimum absolute atomic E-state index is 0. The number of hydrogen-bond acceptors (Lipinski definition) is 5. The third kappa shape index (κ3) is 3.40. The Balaban J connectivity index is 0.00000108. The lowest BCUT2D eigenvalue weighted by Gasteiger charge is -2.01. The quantitative estimate of drug-likeness (QED) is 0.874.